The zero-order valence-corrected chi connectivity index (χ0v) is 13.5. The Bertz CT molecular complexity index is 619. The first kappa shape index (κ1) is 14.3. The van der Waals surface area contributed by atoms with E-state index in [0.717, 1.165) is 45.3 Å². The fourth-order valence-electron chi connectivity index (χ4n) is 3.44. The average Bonchev–Trinajstić information content (AvgIpc) is 3.24. The second-order valence-electron chi connectivity index (χ2n) is 6.21. The predicted octanol–water partition coefficient (Wildman–Crippen LogP) is 2.72. The highest BCUT2D eigenvalue weighted by atomic mass is 32.1. The van der Waals surface area contributed by atoms with Gasteiger partial charge in [0.05, 0.1) is 12.1 Å². The Kier molecular flexibility index (Phi) is 3.71. The molecule has 2 fully saturated rings. The van der Waals surface area contributed by atoms with Crippen molar-refractivity contribution in [1.29, 1.82) is 0 Å². The molecule has 6 nitrogen and oxygen atoms in total. The van der Waals surface area contributed by atoms with Crippen molar-refractivity contribution < 1.29 is 9.26 Å². The highest BCUT2D eigenvalue weighted by Gasteiger charge is 2.44. The summed E-state index contributed by atoms with van der Waals surface area (Å²) < 4.78 is 11.6. The van der Waals surface area contributed by atoms with Gasteiger partial charge in [0.15, 0.2) is 5.82 Å². The fourth-order valence-corrected chi connectivity index (χ4v) is 4.10. The standard InChI is InChI=1S/C15H20N4O2S/c1-11-17-14(21-18-11)12-2-3-15(20-12)4-7-19(8-5-15)10-13-16-6-9-22-13/h6,9,12H,2-5,7-8,10H2,1H3/t12-/m1/s1. The van der Waals surface area contributed by atoms with E-state index in [1.165, 1.54) is 5.01 Å². The van der Waals surface area contributed by atoms with Crippen LogP contribution in [0.25, 0.3) is 0 Å². The van der Waals surface area contributed by atoms with E-state index < -0.39 is 0 Å². The fraction of sp³-hybridized carbons (Fsp3) is 0.667. The summed E-state index contributed by atoms with van der Waals surface area (Å²) in [6.07, 6.45) is 6.07. The van der Waals surface area contributed by atoms with Crippen molar-refractivity contribution in [3.05, 3.63) is 28.3 Å². The van der Waals surface area contributed by atoms with Gasteiger partial charge in [-0.25, -0.2) is 4.98 Å². The van der Waals surface area contributed by atoms with E-state index in [-0.39, 0.29) is 11.7 Å². The van der Waals surface area contributed by atoms with E-state index in [4.69, 9.17) is 9.26 Å². The zero-order chi connectivity index (χ0) is 15.0. The van der Waals surface area contributed by atoms with Crippen molar-refractivity contribution in [3.63, 3.8) is 0 Å². The van der Waals surface area contributed by atoms with Crippen molar-refractivity contribution >= 4 is 11.3 Å². The number of aryl methyl sites for hydroxylation is 1. The molecule has 2 aliphatic heterocycles. The van der Waals surface area contributed by atoms with E-state index in [1.807, 2.05) is 18.5 Å². The monoisotopic (exact) mass is 320 g/mol. The van der Waals surface area contributed by atoms with Gasteiger partial charge >= 0.3 is 0 Å². The van der Waals surface area contributed by atoms with Crippen molar-refractivity contribution in [1.82, 2.24) is 20.0 Å². The van der Waals surface area contributed by atoms with Crippen molar-refractivity contribution in [2.45, 2.75) is 50.9 Å². The van der Waals surface area contributed by atoms with Crippen LogP contribution in [0.15, 0.2) is 16.1 Å². The van der Waals surface area contributed by atoms with Gasteiger partial charge in [-0.15, -0.1) is 11.3 Å². The molecule has 22 heavy (non-hydrogen) atoms. The summed E-state index contributed by atoms with van der Waals surface area (Å²) in [5.74, 6) is 1.32. The molecule has 0 N–H and O–H groups in total. The quantitative estimate of drug-likeness (QED) is 0.866. The first-order valence-corrected chi connectivity index (χ1v) is 8.69. The van der Waals surface area contributed by atoms with E-state index in [2.05, 4.69) is 20.0 Å². The first-order chi connectivity index (χ1) is 10.7. The Morgan fingerprint density at radius 1 is 1.36 bits per heavy atom. The summed E-state index contributed by atoms with van der Waals surface area (Å²) >= 11 is 1.73. The van der Waals surface area contributed by atoms with Gasteiger partial charge in [0.2, 0.25) is 0 Å². The molecule has 1 atom stereocenters. The minimum Gasteiger partial charge on any atom is -0.362 e. The molecule has 2 aromatic heterocycles. The normalized spacial score (nSPS) is 25.0. The maximum absolute atomic E-state index is 6.34. The molecule has 4 heterocycles. The Hall–Kier alpha value is -1.31. The highest BCUT2D eigenvalue weighted by Crippen LogP contribution is 2.44. The molecule has 0 bridgehead atoms. The molecule has 0 unspecified atom stereocenters. The summed E-state index contributed by atoms with van der Waals surface area (Å²) in [6.45, 7) is 4.93. The van der Waals surface area contributed by atoms with Gasteiger partial charge in [0.1, 0.15) is 11.1 Å². The van der Waals surface area contributed by atoms with Crippen LogP contribution >= 0.6 is 11.3 Å². The summed E-state index contributed by atoms with van der Waals surface area (Å²) in [7, 11) is 0. The van der Waals surface area contributed by atoms with E-state index in [0.29, 0.717) is 11.7 Å². The number of piperidine rings is 1. The molecular formula is C15H20N4O2S. The Labute approximate surface area is 133 Å². The van der Waals surface area contributed by atoms with Crippen LogP contribution in [0, 0.1) is 6.92 Å². The third-order valence-electron chi connectivity index (χ3n) is 4.68. The van der Waals surface area contributed by atoms with Gasteiger partial charge in [-0.2, -0.15) is 4.98 Å². The molecule has 0 aliphatic carbocycles. The molecule has 2 aliphatic rings. The smallest absolute Gasteiger partial charge is 0.255 e. The molecule has 0 saturated carbocycles. The lowest BCUT2D eigenvalue weighted by molar-refractivity contribution is -0.0869. The Morgan fingerprint density at radius 3 is 2.91 bits per heavy atom. The molecule has 0 radical (unpaired) electrons. The van der Waals surface area contributed by atoms with Gasteiger partial charge in [-0.1, -0.05) is 5.16 Å². The second kappa shape index (κ2) is 5.72. The van der Waals surface area contributed by atoms with Gasteiger partial charge in [0.25, 0.3) is 5.89 Å². The summed E-state index contributed by atoms with van der Waals surface area (Å²) in [4.78, 5) is 11.2. The Morgan fingerprint density at radius 2 is 2.23 bits per heavy atom. The zero-order valence-electron chi connectivity index (χ0n) is 12.7. The van der Waals surface area contributed by atoms with Gasteiger partial charge in [0, 0.05) is 24.7 Å². The molecule has 118 valence electrons. The lowest BCUT2D eigenvalue weighted by Crippen LogP contribution is -2.43. The number of likely N-dealkylation sites (tertiary alicyclic amines) is 1. The number of rotatable bonds is 3. The number of hydrogen-bond donors (Lipinski definition) is 0. The third kappa shape index (κ3) is 2.80. The molecule has 4 rings (SSSR count). The van der Waals surface area contributed by atoms with Crippen molar-refractivity contribution in [2.24, 2.45) is 0 Å². The highest BCUT2D eigenvalue weighted by molar-refractivity contribution is 7.09. The molecule has 2 saturated heterocycles. The van der Waals surface area contributed by atoms with Crippen LogP contribution in [0.2, 0.25) is 0 Å². The largest absolute Gasteiger partial charge is 0.362 e. The lowest BCUT2D eigenvalue weighted by atomic mass is 9.88. The molecule has 0 aromatic carbocycles. The number of ether oxygens (including phenoxy) is 1. The van der Waals surface area contributed by atoms with Crippen molar-refractivity contribution in [2.75, 3.05) is 13.1 Å². The van der Waals surface area contributed by atoms with Crippen molar-refractivity contribution in [3.8, 4) is 0 Å². The number of nitrogens with zero attached hydrogens (tertiary/aromatic N) is 4. The number of thiazole rings is 1. The third-order valence-corrected chi connectivity index (χ3v) is 5.45. The number of hydrogen-bond acceptors (Lipinski definition) is 7. The van der Waals surface area contributed by atoms with Crippen LogP contribution < -0.4 is 0 Å². The maximum Gasteiger partial charge on any atom is 0.255 e. The summed E-state index contributed by atoms with van der Waals surface area (Å²) in [5.41, 5.74) is 0.00637. The Balaban J connectivity index is 1.35. The molecule has 2 aromatic rings. The topological polar surface area (TPSA) is 64.3 Å². The molecular weight excluding hydrogens is 300 g/mol. The van der Waals surface area contributed by atoms with Gasteiger partial charge < -0.3 is 9.26 Å². The number of aromatic nitrogens is 3. The van der Waals surface area contributed by atoms with Crippen LogP contribution in [-0.2, 0) is 11.3 Å². The predicted molar refractivity (Wildman–Crippen MR) is 81.5 cm³/mol. The van der Waals surface area contributed by atoms with Crippen LogP contribution in [0.3, 0.4) is 0 Å². The summed E-state index contributed by atoms with van der Waals surface area (Å²) in [6, 6.07) is 0. The van der Waals surface area contributed by atoms with Crippen LogP contribution in [-0.4, -0.2) is 38.7 Å². The molecule has 1 spiro atoms. The van der Waals surface area contributed by atoms with Crippen LogP contribution in [0.4, 0.5) is 0 Å². The maximum atomic E-state index is 6.34. The summed E-state index contributed by atoms with van der Waals surface area (Å²) in [5, 5.41) is 7.10. The van der Waals surface area contributed by atoms with E-state index >= 15 is 0 Å². The SMILES string of the molecule is Cc1noc([C@H]2CCC3(CCN(Cc4nccs4)CC3)O2)n1. The van der Waals surface area contributed by atoms with Crippen LogP contribution in [0.5, 0.6) is 0 Å². The van der Waals surface area contributed by atoms with E-state index in [9.17, 15) is 0 Å². The minimum absolute atomic E-state index is 0.00637. The minimum atomic E-state index is -0.0216. The average molecular weight is 320 g/mol. The first-order valence-electron chi connectivity index (χ1n) is 7.81. The molecule has 7 heteroatoms. The second-order valence-corrected chi connectivity index (χ2v) is 7.19. The molecule has 0 amide bonds. The lowest BCUT2D eigenvalue weighted by Gasteiger charge is -2.38. The van der Waals surface area contributed by atoms with Gasteiger partial charge in [-0.3, -0.25) is 4.90 Å². The van der Waals surface area contributed by atoms with Crippen LogP contribution in [0.1, 0.15) is 48.5 Å². The van der Waals surface area contributed by atoms with E-state index in [1.54, 1.807) is 11.3 Å². The van der Waals surface area contributed by atoms with Gasteiger partial charge in [-0.05, 0) is 32.6 Å².